The first-order valence-electron chi connectivity index (χ1n) is 35.9. The summed E-state index contributed by atoms with van der Waals surface area (Å²) < 4.78 is 145. The highest BCUT2D eigenvalue weighted by molar-refractivity contribution is 6.24. The van der Waals surface area contributed by atoms with Gasteiger partial charge < -0.3 is 19.0 Å². The maximum absolute atomic E-state index is 10.1. The summed E-state index contributed by atoms with van der Waals surface area (Å²) in [7, 11) is 0. The number of rotatable bonds is 10. The third kappa shape index (κ3) is 9.60. The Morgan fingerprint density at radius 3 is 1.82 bits per heavy atom. The summed E-state index contributed by atoms with van der Waals surface area (Å²) in [6.07, 6.45) is -0.0970. The molecule has 0 radical (unpaired) electrons. The summed E-state index contributed by atoms with van der Waals surface area (Å²) in [5.41, 5.74) is 10.7. The molecule has 420 valence electrons. The highest BCUT2D eigenvalue weighted by atomic mass is 16.5. The van der Waals surface area contributed by atoms with Gasteiger partial charge in [-0.25, -0.2) is 4.98 Å². The van der Waals surface area contributed by atoms with Gasteiger partial charge in [-0.1, -0.05) is 205 Å². The molecule has 9 aromatic carbocycles. The van der Waals surface area contributed by atoms with E-state index in [0.29, 0.717) is 16.9 Å². The molecule has 0 N–H and O–H groups in total. The number of ether oxygens (including phenoxy) is 1. The van der Waals surface area contributed by atoms with Crippen LogP contribution >= 0.6 is 0 Å². The van der Waals surface area contributed by atoms with Crippen molar-refractivity contribution in [3.63, 3.8) is 0 Å². The van der Waals surface area contributed by atoms with Gasteiger partial charge in [0, 0.05) is 51.3 Å². The molecule has 0 saturated heterocycles. The fourth-order valence-corrected chi connectivity index (χ4v) is 11.8. The molecule has 0 amide bonds. The van der Waals surface area contributed by atoms with E-state index in [1.165, 1.54) is 0 Å². The molecule has 0 unspecified atom stereocenters. The van der Waals surface area contributed by atoms with E-state index in [1.54, 1.807) is 22.8 Å². The summed E-state index contributed by atoms with van der Waals surface area (Å²) in [5, 5.41) is 0.0480. The summed E-state index contributed by atoms with van der Waals surface area (Å²) in [6.45, 7) is 27.8. The van der Waals surface area contributed by atoms with Crippen LogP contribution in [-0.4, -0.2) is 16.2 Å². The zero-order valence-corrected chi connectivity index (χ0v) is 49.9. The van der Waals surface area contributed by atoms with Gasteiger partial charge in [-0.15, -0.1) is 0 Å². The van der Waals surface area contributed by atoms with Gasteiger partial charge in [-0.3, -0.25) is 4.57 Å². The Hall–Kier alpha value is -8.87. The lowest BCUT2D eigenvalue weighted by Crippen LogP contribution is -2.25. The molecule has 6 nitrogen and oxygen atoms in total. The Balaban J connectivity index is 1.08. The van der Waals surface area contributed by atoms with Gasteiger partial charge in [0.05, 0.1) is 52.7 Å². The minimum absolute atomic E-state index is 0.0377. The largest absolute Gasteiger partial charge is 0.457 e. The van der Waals surface area contributed by atoms with E-state index in [-0.39, 0.29) is 132 Å². The van der Waals surface area contributed by atoms with Crippen LogP contribution in [0.4, 0.5) is 22.7 Å². The van der Waals surface area contributed by atoms with E-state index in [0.717, 1.165) is 61.4 Å². The number of furan rings is 1. The molecule has 84 heavy (non-hydrogen) atoms. The van der Waals surface area contributed by atoms with Crippen molar-refractivity contribution in [1.29, 1.82) is 0 Å². The van der Waals surface area contributed by atoms with Gasteiger partial charge in [-0.05, 0) is 145 Å². The summed E-state index contributed by atoms with van der Waals surface area (Å²) >= 11 is 0. The van der Waals surface area contributed by atoms with Crippen LogP contribution in [0.15, 0.2) is 204 Å². The van der Waals surface area contributed by atoms with E-state index < -0.39 is 53.8 Å². The van der Waals surface area contributed by atoms with Gasteiger partial charge in [0.25, 0.3) is 0 Å². The minimum atomic E-state index is -0.550. The van der Waals surface area contributed by atoms with Gasteiger partial charge in [-0.2, -0.15) is 0 Å². The molecule has 0 atom stereocenters. The quantitative estimate of drug-likeness (QED) is 0.137. The lowest BCUT2D eigenvalue weighted by atomic mass is 9.78. The van der Waals surface area contributed by atoms with Crippen LogP contribution in [-0.2, 0) is 16.2 Å². The normalized spacial score (nSPS) is 15.5. The van der Waals surface area contributed by atoms with Crippen molar-refractivity contribution in [3.8, 4) is 50.7 Å². The van der Waals surface area contributed by atoms with E-state index >= 15 is 0 Å². The van der Waals surface area contributed by atoms with Crippen molar-refractivity contribution >= 4 is 66.5 Å². The van der Waals surface area contributed by atoms with Crippen molar-refractivity contribution in [2.45, 2.75) is 118 Å². The number of hydrogen-bond acceptors (Lipinski definition) is 5. The number of aromatic nitrogens is 2. The van der Waals surface area contributed by atoms with E-state index in [4.69, 9.17) is 25.1 Å². The Morgan fingerprint density at radius 1 is 0.512 bits per heavy atom. The summed E-state index contributed by atoms with van der Waals surface area (Å²) in [4.78, 5) is 9.03. The molecular formula is C78H76N4O2. The predicted octanol–water partition coefficient (Wildman–Crippen LogP) is 22.3. The Morgan fingerprint density at radius 2 is 1.14 bits per heavy atom. The number of hydrogen-bond donors (Lipinski definition) is 0. The van der Waals surface area contributed by atoms with Crippen molar-refractivity contribution in [2.24, 2.45) is 0 Å². The molecular weight excluding hydrogens is 1020 g/mol. The first-order valence-corrected chi connectivity index (χ1v) is 28.9. The van der Waals surface area contributed by atoms with Crippen molar-refractivity contribution < 1.29 is 28.3 Å². The molecule has 6 heteroatoms. The van der Waals surface area contributed by atoms with Gasteiger partial charge in [0.2, 0.25) is 0 Å². The molecule has 0 aliphatic carbocycles. The number of pyridine rings is 1. The molecule has 12 aromatic rings. The highest BCUT2D eigenvalue weighted by Gasteiger charge is 2.33. The molecule has 4 heterocycles. The van der Waals surface area contributed by atoms with Crippen LogP contribution in [0.2, 0.25) is 0 Å². The maximum atomic E-state index is 10.1. The van der Waals surface area contributed by atoms with Crippen LogP contribution in [0.1, 0.15) is 149 Å². The second-order valence-electron chi connectivity index (χ2n) is 25.9. The average molecular weight is 1120 g/mol. The Bertz CT molecular complexity index is 5290. The Kier molecular flexibility index (Phi) is 9.84. The summed E-state index contributed by atoms with van der Waals surface area (Å²) in [5.74, 6) is 0.497. The molecule has 1 aliphatic rings. The third-order valence-electron chi connectivity index (χ3n) is 16.3. The molecule has 3 aromatic heterocycles. The highest BCUT2D eigenvalue weighted by Crippen LogP contribution is 2.53. The number of para-hydroxylation sites is 4. The lowest BCUT2D eigenvalue weighted by Gasteiger charge is -2.30. The van der Waals surface area contributed by atoms with Gasteiger partial charge in [0.15, 0.2) is 0 Å². The van der Waals surface area contributed by atoms with Crippen LogP contribution in [0.5, 0.6) is 11.5 Å². The average Bonchev–Trinajstić information content (AvgIpc) is 1.53. The molecule has 0 bridgehead atoms. The SMILES string of the molecule is [2H]c1cc(C(C)(C)C)cc(-n2c3cc(Oc4cc(-c5c(C(C)C)cccc5C(C)C)cc(N5CN(c6c(-c7cc(C(C)(C)C)cc(C(C)(C)C)c7)cccc6-c6c([2H])c([2H])c([2H])c([2H])c6[2H])c6ccccc65)c4)c([2H])c([2H])c3c3c4oc5c([2H])c([2H])c([2H])c([2H])c5c4c([2H])c([2H])c32)n1. The van der Waals surface area contributed by atoms with Crippen LogP contribution in [0.3, 0.4) is 0 Å². The van der Waals surface area contributed by atoms with Crippen molar-refractivity contribution in [3.05, 3.63) is 228 Å². The molecule has 1 aliphatic heterocycles. The van der Waals surface area contributed by atoms with Gasteiger partial charge >= 0.3 is 0 Å². The Labute approximate surface area is 515 Å². The van der Waals surface area contributed by atoms with Crippen molar-refractivity contribution in [2.75, 3.05) is 16.5 Å². The van der Waals surface area contributed by atoms with E-state index in [1.807, 2.05) is 75.4 Å². The molecule has 13 rings (SSSR count). The molecule has 0 fully saturated rings. The number of nitrogens with zero attached hydrogens (tertiary/aromatic N) is 4. The lowest BCUT2D eigenvalue weighted by molar-refractivity contribution is 0.483. The predicted molar refractivity (Wildman–Crippen MR) is 355 cm³/mol. The zero-order valence-electron chi connectivity index (χ0n) is 63.9. The number of anilines is 4. The van der Waals surface area contributed by atoms with E-state index in [9.17, 15) is 8.22 Å². The van der Waals surface area contributed by atoms with E-state index in [2.05, 4.69) is 122 Å². The number of benzene rings is 9. The first kappa shape index (κ1) is 40.4. The van der Waals surface area contributed by atoms with Crippen LogP contribution in [0, 0.1) is 0 Å². The second kappa shape index (κ2) is 20.5. The topological polar surface area (TPSA) is 46.7 Å². The molecule has 0 spiro atoms. The zero-order chi connectivity index (χ0) is 70.7. The standard InChI is InChI=1S/C78H76N4O2/c1-48(2)59-26-21-27-60(49(3)4)72(59)52-41-56(80-47-81(67-31-19-18-30-66(67)80)74-61(50-23-15-14-16-24-50)28-22-29-62(74)51-39-54(77(8,9)10)43-55(40-51)78(11,12)13)45-58(42-52)83-57-33-34-65-69(46-57)82(71-44-53(37-38-79-71)76(5,6)7)68-36-35-64-63-25-17-20-32-70(63)84-75(64)73(65)68/h14-46,48-49H,47H2,1-13H3/i14D,15D,16D,17D,20D,23D,24D,25D,32D,33D,34D,35D,36D,38D. The van der Waals surface area contributed by atoms with Crippen molar-refractivity contribution in [1.82, 2.24) is 9.55 Å². The monoisotopic (exact) mass is 1110 g/mol. The smallest absolute Gasteiger partial charge is 0.145 e. The van der Waals surface area contributed by atoms with Crippen LogP contribution in [0.25, 0.3) is 82.9 Å². The first-order chi connectivity index (χ1) is 46.0. The summed E-state index contributed by atoms with van der Waals surface area (Å²) in [6, 6.07) is 32.0. The maximum Gasteiger partial charge on any atom is 0.145 e. The van der Waals surface area contributed by atoms with Gasteiger partial charge in [0.1, 0.15) is 35.2 Å². The van der Waals surface area contributed by atoms with Crippen LogP contribution < -0.4 is 14.5 Å². The fraction of sp³-hybridized carbons (Fsp3) is 0.244. The second-order valence-corrected chi connectivity index (χ2v) is 25.9. The number of fused-ring (bicyclic) bond motifs is 8. The molecule has 0 saturated carbocycles. The third-order valence-corrected chi connectivity index (χ3v) is 16.3. The minimum Gasteiger partial charge on any atom is -0.457 e. The fourth-order valence-electron chi connectivity index (χ4n) is 11.8.